The van der Waals surface area contributed by atoms with Gasteiger partial charge in [0.15, 0.2) is 5.58 Å². The maximum absolute atomic E-state index is 6.65. The molecule has 0 radical (unpaired) electrons. The molecule has 0 spiro atoms. The molecule has 0 bridgehead atoms. The number of para-hydroxylation sites is 2. The van der Waals surface area contributed by atoms with Crippen molar-refractivity contribution in [1.29, 1.82) is 0 Å². The van der Waals surface area contributed by atoms with Crippen LogP contribution in [0.3, 0.4) is 0 Å². The van der Waals surface area contributed by atoms with Crippen LogP contribution >= 0.6 is 0 Å². The molecule has 4 aromatic heterocycles. The van der Waals surface area contributed by atoms with Gasteiger partial charge in [0.2, 0.25) is 5.89 Å². The van der Waals surface area contributed by atoms with E-state index in [0.29, 0.717) is 11.5 Å². The van der Waals surface area contributed by atoms with Crippen molar-refractivity contribution in [2.45, 2.75) is 52.4 Å². The van der Waals surface area contributed by atoms with Crippen molar-refractivity contribution in [3.8, 4) is 34.0 Å². The van der Waals surface area contributed by atoms with Crippen LogP contribution in [0.4, 0.5) is 0 Å². The molecule has 0 saturated heterocycles. The van der Waals surface area contributed by atoms with Crippen molar-refractivity contribution in [2.75, 3.05) is 0 Å². The molecule has 286 valence electrons. The van der Waals surface area contributed by atoms with E-state index in [0.717, 1.165) is 55.5 Å². The predicted octanol–water partition coefficient (Wildman–Crippen LogP) is 14.5. The van der Waals surface area contributed by atoms with Crippen molar-refractivity contribution in [1.82, 2.24) is 19.1 Å². The van der Waals surface area contributed by atoms with Crippen LogP contribution in [-0.4, -0.2) is 19.1 Å². The molecule has 0 aliphatic carbocycles. The average molecular weight is 765 g/mol. The number of fused-ring (bicyclic) bond motifs is 9. The SMILES string of the molecule is CC(C)(C)c1ccc2c(c1)c1cc(C(C)(C)C)ccc1n2-c1ccc(-c2ccc(-n3c4ccccc4c4ccccc43)cc2-c2nc3c(ccc4cccnc43)o2)cc1. The lowest BCUT2D eigenvalue weighted by Gasteiger charge is -2.19. The van der Waals surface area contributed by atoms with E-state index in [-0.39, 0.29) is 10.8 Å². The van der Waals surface area contributed by atoms with Gasteiger partial charge in [0, 0.05) is 50.1 Å². The lowest BCUT2D eigenvalue weighted by atomic mass is 9.85. The number of nitrogens with zero attached hydrogens (tertiary/aromatic N) is 4. The number of aromatic nitrogens is 4. The summed E-state index contributed by atoms with van der Waals surface area (Å²) in [6.07, 6.45) is 1.82. The highest BCUT2D eigenvalue weighted by molar-refractivity contribution is 6.11. The van der Waals surface area contributed by atoms with Crippen molar-refractivity contribution in [3.05, 3.63) is 169 Å². The smallest absolute Gasteiger partial charge is 0.228 e. The quantitative estimate of drug-likeness (QED) is 0.179. The standard InChI is InChI=1S/C54H44N4O/c1-53(2,3)35-20-26-47-42(30-35)43-31-36(54(4,5)6)21-27-48(43)57(47)37-22-17-33(18-23-37)39-25-24-38(58-45-15-9-7-13-40(45)41-14-8-10-16-46(41)58)32-44(39)52-56-51-49(59-52)28-19-34-12-11-29-55-50(34)51/h7-32H,1-6H3. The van der Waals surface area contributed by atoms with Crippen LogP contribution in [0.2, 0.25) is 0 Å². The molecule has 0 fully saturated rings. The zero-order chi connectivity index (χ0) is 40.2. The molecule has 11 aromatic rings. The molecule has 0 amide bonds. The molecule has 59 heavy (non-hydrogen) atoms. The van der Waals surface area contributed by atoms with E-state index >= 15 is 0 Å². The second-order valence-electron chi connectivity index (χ2n) is 18.0. The van der Waals surface area contributed by atoms with E-state index in [1.165, 1.54) is 43.7 Å². The van der Waals surface area contributed by atoms with Crippen molar-refractivity contribution < 1.29 is 4.42 Å². The topological polar surface area (TPSA) is 48.8 Å². The third-order valence-electron chi connectivity index (χ3n) is 12.1. The van der Waals surface area contributed by atoms with E-state index in [2.05, 4.69) is 190 Å². The Hall–Kier alpha value is -6.98. The number of hydrogen-bond donors (Lipinski definition) is 0. The summed E-state index contributed by atoms with van der Waals surface area (Å²) in [7, 11) is 0. The van der Waals surface area contributed by atoms with Crippen LogP contribution in [0.5, 0.6) is 0 Å². The van der Waals surface area contributed by atoms with E-state index in [9.17, 15) is 0 Å². The Kier molecular flexibility index (Phi) is 7.61. The van der Waals surface area contributed by atoms with Gasteiger partial charge in [-0.15, -0.1) is 0 Å². The van der Waals surface area contributed by atoms with E-state index < -0.39 is 0 Å². The molecule has 0 N–H and O–H groups in total. The fraction of sp³-hybridized carbons (Fsp3) is 0.148. The molecule has 5 nitrogen and oxygen atoms in total. The number of oxazole rings is 1. The lowest BCUT2D eigenvalue weighted by Crippen LogP contribution is -2.10. The summed E-state index contributed by atoms with van der Waals surface area (Å²) in [4.78, 5) is 9.88. The fourth-order valence-corrected chi connectivity index (χ4v) is 8.97. The van der Waals surface area contributed by atoms with Gasteiger partial charge in [0.25, 0.3) is 0 Å². The Labute approximate surface area is 343 Å². The van der Waals surface area contributed by atoms with Gasteiger partial charge in [-0.25, -0.2) is 4.98 Å². The van der Waals surface area contributed by atoms with Gasteiger partial charge in [-0.3, -0.25) is 4.98 Å². The molecule has 7 aromatic carbocycles. The van der Waals surface area contributed by atoms with Gasteiger partial charge in [-0.2, -0.15) is 0 Å². The number of pyridine rings is 1. The van der Waals surface area contributed by atoms with Crippen LogP contribution in [0.15, 0.2) is 162 Å². The second kappa shape index (κ2) is 12.8. The Balaban J connectivity index is 1.10. The predicted molar refractivity (Wildman–Crippen MR) is 246 cm³/mol. The third kappa shape index (κ3) is 5.60. The molecule has 5 heteroatoms. The Bertz CT molecular complexity index is 3330. The highest BCUT2D eigenvalue weighted by atomic mass is 16.3. The maximum atomic E-state index is 6.65. The van der Waals surface area contributed by atoms with Gasteiger partial charge < -0.3 is 13.6 Å². The number of benzene rings is 7. The van der Waals surface area contributed by atoms with Gasteiger partial charge in [0.1, 0.15) is 5.52 Å². The third-order valence-corrected chi connectivity index (χ3v) is 12.1. The fourth-order valence-electron chi connectivity index (χ4n) is 8.97. The van der Waals surface area contributed by atoms with E-state index in [1.807, 2.05) is 18.3 Å². The highest BCUT2D eigenvalue weighted by Crippen LogP contribution is 2.41. The zero-order valence-corrected chi connectivity index (χ0v) is 34.2. The van der Waals surface area contributed by atoms with Crippen LogP contribution in [0.25, 0.3) is 99.6 Å². The summed E-state index contributed by atoms with van der Waals surface area (Å²) in [5.74, 6) is 0.562. The van der Waals surface area contributed by atoms with Crippen molar-refractivity contribution in [3.63, 3.8) is 0 Å². The molecular weight excluding hydrogens is 721 g/mol. The second-order valence-corrected chi connectivity index (χ2v) is 18.0. The highest BCUT2D eigenvalue weighted by Gasteiger charge is 2.23. The molecular formula is C54H44N4O. The summed E-state index contributed by atoms with van der Waals surface area (Å²) < 4.78 is 11.4. The monoisotopic (exact) mass is 764 g/mol. The van der Waals surface area contributed by atoms with Crippen molar-refractivity contribution in [2.24, 2.45) is 0 Å². The summed E-state index contributed by atoms with van der Waals surface area (Å²) in [5, 5.41) is 6.03. The first-order valence-corrected chi connectivity index (χ1v) is 20.5. The van der Waals surface area contributed by atoms with Gasteiger partial charge in [0.05, 0.1) is 27.6 Å². The number of rotatable bonds is 4. The Morgan fingerprint density at radius 3 is 1.66 bits per heavy atom. The normalized spacial score (nSPS) is 12.6. The van der Waals surface area contributed by atoms with Crippen LogP contribution in [0, 0.1) is 0 Å². The van der Waals surface area contributed by atoms with E-state index in [4.69, 9.17) is 14.4 Å². The molecule has 0 unspecified atom stereocenters. The van der Waals surface area contributed by atoms with Crippen molar-refractivity contribution >= 4 is 65.6 Å². The molecule has 0 saturated carbocycles. The largest absolute Gasteiger partial charge is 0.436 e. The Morgan fingerprint density at radius 2 is 1.03 bits per heavy atom. The molecule has 11 rings (SSSR count). The van der Waals surface area contributed by atoms with E-state index in [1.54, 1.807) is 0 Å². The summed E-state index contributed by atoms with van der Waals surface area (Å²) in [6, 6.07) is 54.9. The van der Waals surface area contributed by atoms with Crippen LogP contribution in [-0.2, 0) is 10.8 Å². The first kappa shape index (κ1) is 35.2. The summed E-state index contributed by atoms with van der Waals surface area (Å²) in [6.45, 7) is 13.7. The van der Waals surface area contributed by atoms with Crippen LogP contribution in [0.1, 0.15) is 52.7 Å². The molecule has 0 aliphatic rings. The minimum Gasteiger partial charge on any atom is -0.436 e. The minimum atomic E-state index is 0.0407. The zero-order valence-electron chi connectivity index (χ0n) is 34.2. The van der Waals surface area contributed by atoms with Gasteiger partial charge in [-0.05, 0) is 112 Å². The number of hydrogen-bond acceptors (Lipinski definition) is 3. The van der Waals surface area contributed by atoms with Gasteiger partial charge in [-0.1, -0.05) is 114 Å². The van der Waals surface area contributed by atoms with Crippen LogP contribution < -0.4 is 0 Å². The van der Waals surface area contributed by atoms with Gasteiger partial charge >= 0.3 is 0 Å². The summed E-state index contributed by atoms with van der Waals surface area (Å²) in [5.41, 5.74) is 15.0. The average Bonchev–Trinajstić information content (AvgIpc) is 3.93. The molecule has 4 heterocycles. The Morgan fingerprint density at radius 1 is 0.458 bits per heavy atom. The molecule has 0 aliphatic heterocycles. The lowest BCUT2D eigenvalue weighted by molar-refractivity contribution is 0.590. The first-order valence-electron chi connectivity index (χ1n) is 20.5. The maximum Gasteiger partial charge on any atom is 0.228 e. The first-order chi connectivity index (χ1) is 28.5. The molecule has 0 atom stereocenters. The minimum absolute atomic E-state index is 0.0407. The summed E-state index contributed by atoms with van der Waals surface area (Å²) >= 11 is 0.